The van der Waals surface area contributed by atoms with E-state index in [9.17, 15) is 0 Å². The summed E-state index contributed by atoms with van der Waals surface area (Å²) in [7, 11) is 1.79. The lowest BCUT2D eigenvalue weighted by Crippen LogP contribution is -2.23. The van der Waals surface area contributed by atoms with Crippen molar-refractivity contribution >= 4 is 27.3 Å². The largest absolute Gasteiger partial charge is 0.309 e. The van der Waals surface area contributed by atoms with Crippen molar-refractivity contribution in [1.29, 1.82) is 0 Å². The second-order valence-electron chi connectivity index (χ2n) is 4.51. The molecule has 0 saturated carbocycles. The summed E-state index contributed by atoms with van der Waals surface area (Å²) in [6.07, 6.45) is 1.87. The molecule has 0 aliphatic heterocycles. The first-order chi connectivity index (χ1) is 9.10. The summed E-state index contributed by atoms with van der Waals surface area (Å²) in [5.41, 5.74) is 1.27. The lowest BCUT2D eigenvalue weighted by molar-refractivity contribution is 0.523. The quantitative estimate of drug-likeness (QED) is 0.875. The van der Waals surface area contributed by atoms with Crippen LogP contribution in [0.2, 0.25) is 0 Å². The fraction of sp³-hybridized carbons (Fsp3) is 0.583. The van der Waals surface area contributed by atoms with Gasteiger partial charge in [-0.25, -0.2) is 0 Å². The summed E-state index contributed by atoms with van der Waals surface area (Å²) in [4.78, 5) is 2.81. The van der Waals surface area contributed by atoms with E-state index in [1.165, 1.54) is 19.0 Å². The molecule has 2 heterocycles. The van der Waals surface area contributed by atoms with Gasteiger partial charge in [0, 0.05) is 17.3 Å². The fourth-order valence-electron chi connectivity index (χ4n) is 1.83. The van der Waals surface area contributed by atoms with Crippen LogP contribution >= 0.6 is 27.3 Å². The smallest absolute Gasteiger partial charge is 0.176 e. The Hall–Kier alpha value is -0.790. The Balaban J connectivity index is 2.15. The highest BCUT2D eigenvalue weighted by Gasteiger charge is 2.17. The Morgan fingerprint density at radius 1 is 1.53 bits per heavy atom. The van der Waals surface area contributed by atoms with Crippen LogP contribution in [-0.2, 0) is 13.5 Å². The van der Waals surface area contributed by atoms with E-state index in [1.807, 2.05) is 0 Å². The molecule has 2 aromatic heterocycles. The van der Waals surface area contributed by atoms with Crippen LogP contribution in [0.25, 0.3) is 0 Å². The molecule has 0 aliphatic carbocycles. The van der Waals surface area contributed by atoms with Crippen molar-refractivity contribution in [3.63, 3.8) is 0 Å². The van der Waals surface area contributed by atoms with Crippen LogP contribution in [0, 0.1) is 6.92 Å². The van der Waals surface area contributed by atoms with Gasteiger partial charge in [0.2, 0.25) is 0 Å². The van der Waals surface area contributed by atoms with E-state index < -0.39 is 0 Å². The van der Waals surface area contributed by atoms with Gasteiger partial charge >= 0.3 is 0 Å². The number of nitrogens with one attached hydrogen (secondary N) is 1. The van der Waals surface area contributed by atoms with Gasteiger partial charge in [0.25, 0.3) is 0 Å². The molecule has 104 valence electrons. The van der Waals surface area contributed by atoms with Gasteiger partial charge in [0.05, 0.1) is 10.8 Å². The molecule has 7 heteroatoms. The van der Waals surface area contributed by atoms with E-state index in [1.54, 1.807) is 18.4 Å². The normalized spacial score (nSPS) is 12.8. The van der Waals surface area contributed by atoms with Crippen molar-refractivity contribution in [3.05, 3.63) is 26.1 Å². The molecule has 1 unspecified atom stereocenters. The van der Waals surface area contributed by atoms with Crippen LogP contribution in [0.3, 0.4) is 0 Å². The highest BCUT2D eigenvalue weighted by atomic mass is 79.9. The highest BCUT2D eigenvalue weighted by Crippen LogP contribution is 2.32. The molecule has 0 fully saturated rings. The number of thiophene rings is 1. The molecule has 2 rings (SSSR count). The zero-order chi connectivity index (χ0) is 13.8. The fourth-order valence-corrected chi connectivity index (χ4v) is 3.48. The molecular formula is C12H18BrN5S. The van der Waals surface area contributed by atoms with Gasteiger partial charge in [-0.3, -0.25) is 0 Å². The molecule has 0 bridgehead atoms. The van der Waals surface area contributed by atoms with E-state index in [-0.39, 0.29) is 6.04 Å². The Morgan fingerprint density at radius 3 is 2.84 bits per heavy atom. The van der Waals surface area contributed by atoms with Crippen LogP contribution in [0.4, 0.5) is 0 Å². The third-order valence-corrected chi connectivity index (χ3v) is 5.05. The van der Waals surface area contributed by atoms with Crippen LogP contribution < -0.4 is 5.32 Å². The van der Waals surface area contributed by atoms with E-state index in [4.69, 9.17) is 0 Å². The van der Waals surface area contributed by atoms with E-state index in [0.717, 1.165) is 25.2 Å². The summed E-state index contributed by atoms with van der Waals surface area (Å²) in [6, 6.07) is 2.47. The third kappa shape index (κ3) is 3.84. The Morgan fingerprint density at radius 2 is 2.32 bits per heavy atom. The van der Waals surface area contributed by atoms with Crippen LogP contribution in [0.1, 0.15) is 35.7 Å². The molecule has 0 saturated heterocycles. The Labute approximate surface area is 125 Å². The molecule has 0 spiro atoms. The molecule has 0 aliphatic rings. The number of hydrogen-bond acceptors (Lipinski definition) is 5. The number of hydrogen-bond donors (Lipinski definition) is 1. The zero-order valence-electron chi connectivity index (χ0n) is 11.4. The average molecular weight is 344 g/mol. The first-order valence-electron chi connectivity index (χ1n) is 6.32. The summed E-state index contributed by atoms with van der Waals surface area (Å²) in [5.74, 6) is 0.776. The van der Waals surface area contributed by atoms with Gasteiger partial charge in [0.15, 0.2) is 5.82 Å². The van der Waals surface area contributed by atoms with Crippen molar-refractivity contribution in [2.24, 2.45) is 7.05 Å². The molecular weight excluding hydrogens is 326 g/mol. The SMILES string of the molecule is CCCNC(Cc1nnn(C)n1)c1cc(C)c(Br)s1. The molecule has 1 N–H and O–H groups in total. The molecule has 2 aromatic rings. The Bertz CT molecular complexity index is 516. The summed E-state index contributed by atoms with van der Waals surface area (Å²) >= 11 is 5.36. The molecule has 0 radical (unpaired) electrons. The van der Waals surface area contributed by atoms with Gasteiger partial charge in [-0.2, -0.15) is 4.80 Å². The molecule has 0 aromatic carbocycles. The monoisotopic (exact) mass is 343 g/mol. The van der Waals surface area contributed by atoms with E-state index >= 15 is 0 Å². The van der Waals surface area contributed by atoms with Gasteiger partial charge in [-0.15, -0.1) is 21.5 Å². The second-order valence-corrected chi connectivity index (χ2v) is 6.91. The van der Waals surface area contributed by atoms with Crippen molar-refractivity contribution in [3.8, 4) is 0 Å². The zero-order valence-corrected chi connectivity index (χ0v) is 13.8. The van der Waals surface area contributed by atoms with Crippen LogP contribution in [-0.4, -0.2) is 26.8 Å². The average Bonchev–Trinajstić information content (AvgIpc) is 2.92. The number of nitrogens with zero attached hydrogens (tertiary/aromatic N) is 4. The van der Waals surface area contributed by atoms with Crippen molar-refractivity contribution < 1.29 is 0 Å². The van der Waals surface area contributed by atoms with Crippen molar-refractivity contribution in [2.75, 3.05) is 6.54 Å². The van der Waals surface area contributed by atoms with Crippen molar-refractivity contribution in [1.82, 2.24) is 25.5 Å². The maximum atomic E-state index is 4.26. The van der Waals surface area contributed by atoms with Gasteiger partial charge in [-0.1, -0.05) is 6.92 Å². The minimum atomic E-state index is 0.249. The predicted molar refractivity (Wildman–Crippen MR) is 80.3 cm³/mol. The van der Waals surface area contributed by atoms with Crippen molar-refractivity contribution in [2.45, 2.75) is 32.7 Å². The summed E-state index contributed by atoms with van der Waals surface area (Å²) < 4.78 is 1.19. The minimum absolute atomic E-state index is 0.249. The van der Waals surface area contributed by atoms with E-state index in [0.29, 0.717) is 0 Å². The molecule has 0 amide bonds. The summed E-state index contributed by atoms with van der Waals surface area (Å²) in [6.45, 7) is 5.27. The van der Waals surface area contributed by atoms with Crippen LogP contribution in [0.5, 0.6) is 0 Å². The van der Waals surface area contributed by atoms with Gasteiger partial charge in [0.1, 0.15) is 0 Å². The Kier molecular flexibility index (Phi) is 5.06. The van der Waals surface area contributed by atoms with Gasteiger partial charge in [-0.05, 0) is 52.7 Å². The number of aromatic nitrogens is 4. The number of tetrazole rings is 1. The maximum Gasteiger partial charge on any atom is 0.176 e. The third-order valence-electron chi connectivity index (χ3n) is 2.80. The first-order valence-corrected chi connectivity index (χ1v) is 7.93. The second kappa shape index (κ2) is 6.58. The topological polar surface area (TPSA) is 55.6 Å². The van der Waals surface area contributed by atoms with Gasteiger partial charge < -0.3 is 5.32 Å². The standard InChI is InChI=1S/C12H18BrN5S/c1-4-5-14-9(7-11-15-17-18(3)16-11)10-6-8(2)12(13)19-10/h6,9,14H,4-5,7H2,1-3H3. The maximum absolute atomic E-state index is 4.26. The number of halogens is 1. The first kappa shape index (κ1) is 14.6. The summed E-state index contributed by atoms with van der Waals surface area (Å²) in [5, 5.41) is 15.8. The van der Waals surface area contributed by atoms with E-state index in [2.05, 4.69) is 56.6 Å². The lowest BCUT2D eigenvalue weighted by atomic mass is 10.1. The highest BCUT2D eigenvalue weighted by molar-refractivity contribution is 9.11. The minimum Gasteiger partial charge on any atom is -0.309 e. The molecule has 19 heavy (non-hydrogen) atoms. The molecule has 1 atom stereocenters. The predicted octanol–water partition coefficient (Wildman–Crippen LogP) is 2.63. The van der Waals surface area contributed by atoms with Crippen LogP contribution in [0.15, 0.2) is 9.85 Å². The number of aryl methyl sites for hydroxylation is 2. The molecule has 5 nitrogen and oxygen atoms in total. The lowest BCUT2D eigenvalue weighted by Gasteiger charge is -2.15. The number of rotatable bonds is 6.